The molecule has 1 amide bonds. The van der Waals surface area contributed by atoms with Crippen LogP contribution < -0.4 is 0 Å². The van der Waals surface area contributed by atoms with Gasteiger partial charge in [0, 0.05) is 31.6 Å². The number of piperazine rings is 1. The predicted octanol–water partition coefficient (Wildman–Crippen LogP) is 4.39. The molecule has 0 unspecified atom stereocenters. The number of thiophene rings is 1. The third-order valence-electron chi connectivity index (χ3n) is 5.77. The molecule has 1 fully saturated rings. The molecular formula is C24H19F2N3O3S2. The fraction of sp³-hybridized carbons (Fsp3) is 0.167. The smallest absolute Gasteiger partial charge is 0.254 e. The topological polar surface area (TPSA) is 70.6 Å². The number of fused-ring (bicyclic) bond motifs is 1. The molecular weight excluding hydrogens is 480 g/mol. The molecule has 1 saturated heterocycles. The number of pyridine rings is 1. The molecule has 0 spiro atoms. The number of amides is 1. The normalized spacial score (nSPS) is 15.1. The van der Waals surface area contributed by atoms with Crippen LogP contribution in [0.2, 0.25) is 0 Å². The highest BCUT2D eigenvalue weighted by atomic mass is 32.2. The van der Waals surface area contributed by atoms with E-state index < -0.39 is 21.7 Å². The number of nitrogens with zero attached hydrogens (tertiary/aromatic N) is 3. The van der Waals surface area contributed by atoms with Crippen LogP contribution in [0.15, 0.2) is 70.9 Å². The summed E-state index contributed by atoms with van der Waals surface area (Å²) in [5.41, 5.74) is 1.92. The van der Waals surface area contributed by atoms with E-state index in [1.165, 1.54) is 15.6 Å². The zero-order chi connectivity index (χ0) is 23.9. The molecule has 3 heterocycles. The Morgan fingerprint density at radius 2 is 1.68 bits per heavy atom. The Hall–Kier alpha value is -3.21. The molecule has 0 N–H and O–H groups in total. The highest BCUT2D eigenvalue weighted by Crippen LogP contribution is 2.29. The van der Waals surface area contributed by atoms with E-state index in [4.69, 9.17) is 4.98 Å². The number of carbonyl (C=O) groups excluding carboxylic acids is 1. The van der Waals surface area contributed by atoms with Gasteiger partial charge in [-0.05, 0) is 41.8 Å². The first-order chi connectivity index (χ1) is 16.3. The van der Waals surface area contributed by atoms with Crippen molar-refractivity contribution in [2.24, 2.45) is 0 Å². The summed E-state index contributed by atoms with van der Waals surface area (Å²) in [4.78, 5) is 20.4. The van der Waals surface area contributed by atoms with Gasteiger partial charge in [0.25, 0.3) is 5.91 Å². The maximum Gasteiger partial charge on any atom is 0.254 e. The monoisotopic (exact) mass is 499 g/mol. The number of sulfonamides is 1. The number of hydrogen-bond acceptors (Lipinski definition) is 5. The summed E-state index contributed by atoms with van der Waals surface area (Å²) in [7, 11) is -4.01. The number of rotatable bonds is 4. The molecule has 34 heavy (non-hydrogen) atoms. The molecule has 1 aliphatic rings. The quantitative estimate of drug-likeness (QED) is 0.418. The van der Waals surface area contributed by atoms with Crippen molar-refractivity contribution in [2.45, 2.75) is 4.90 Å². The predicted molar refractivity (Wildman–Crippen MR) is 126 cm³/mol. The van der Waals surface area contributed by atoms with Gasteiger partial charge in [-0.15, -0.1) is 11.3 Å². The van der Waals surface area contributed by atoms with Crippen molar-refractivity contribution in [1.29, 1.82) is 0 Å². The second kappa shape index (κ2) is 8.86. The number of halogens is 2. The van der Waals surface area contributed by atoms with E-state index >= 15 is 0 Å². The average molecular weight is 500 g/mol. The first kappa shape index (κ1) is 22.6. The minimum Gasteiger partial charge on any atom is -0.336 e. The molecule has 0 radical (unpaired) electrons. The van der Waals surface area contributed by atoms with Crippen molar-refractivity contribution in [2.75, 3.05) is 26.2 Å². The first-order valence-electron chi connectivity index (χ1n) is 10.5. The van der Waals surface area contributed by atoms with Crippen LogP contribution in [0.3, 0.4) is 0 Å². The van der Waals surface area contributed by atoms with Crippen LogP contribution in [0.1, 0.15) is 10.4 Å². The third-order valence-corrected chi connectivity index (χ3v) is 8.56. The van der Waals surface area contributed by atoms with Crippen molar-refractivity contribution >= 4 is 38.2 Å². The van der Waals surface area contributed by atoms with Gasteiger partial charge in [0.15, 0.2) is 11.6 Å². The Morgan fingerprint density at radius 1 is 0.912 bits per heavy atom. The molecule has 10 heteroatoms. The lowest BCUT2D eigenvalue weighted by molar-refractivity contribution is 0.0700. The molecule has 174 valence electrons. The Kier molecular flexibility index (Phi) is 5.88. The van der Waals surface area contributed by atoms with Crippen molar-refractivity contribution in [3.63, 3.8) is 0 Å². The lowest BCUT2D eigenvalue weighted by Crippen LogP contribution is -2.50. The van der Waals surface area contributed by atoms with Crippen LogP contribution in [0.25, 0.3) is 21.5 Å². The number of para-hydroxylation sites is 1. The van der Waals surface area contributed by atoms with Crippen molar-refractivity contribution in [1.82, 2.24) is 14.2 Å². The number of benzene rings is 2. The average Bonchev–Trinajstić information content (AvgIpc) is 3.40. The van der Waals surface area contributed by atoms with E-state index in [2.05, 4.69) is 0 Å². The van der Waals surface area contributed by atoms with Crippen LogP contribution in [0.5, 0.6) is 0 Å². The molecule has 4 aromatic rings. The van der Waals surface area contributed by atoms with Gasteiger partial charge >= 0.3 is 0 Å². The van der Waals surface area contributed by atoms with E-state index in [1.807, 2.05) is 41.8 Å². The van der Waals surface area contributed by atoms with E-state index in [-0.39, 0.29) is 37.0 Å². The molecule has 0 aliphatic carbocycles. The van der Waals surface area contributed by atoms with Gasteiger partial charge in [0.2, 0.25) is 10.0 Å². The summed E-state index contributed by atoms with van der Waals surface area (Å²) < 4.78 is 53.7. The van der Waals surface area contributed by atoms with Crippen LogP contribution in [0, 0.1) is 11.6 Å². The van der Waals surface area contributed by atoms with Gasteiger partial charge in [0.1, 0.15) is 0 Å². The van der Waals surface area contributed by atoms with Gasteiger partial charge in [-0.2, -0.15) is 4.31 Å². The lowest BCUT2D eigenvalue weighted by atomic mass is 10.1. The van der Waals surface area contributed by atoms with Crippen molar-refractivity contribution in [3.8, 4) is 10.6 Å². The maximum absolute atomic E-state index is 13.6. The van der Waals surface area contributed by atoms with Crippen molar-refractivity contribution < 1.29 is 22.0 Å². The van der Waals surface area contributed by atoms with Crippen LogP contribution in [-0.2, 0) is 10.0 Å². The van der Waals surface area contributed by atoms with Crippen LogP contribution >= 0.6 is 11.3 Å². The van der Waals surface area contributed by atoms with Gasteiger partial charge < -0.3 is 4.90 Å². The maximum atomic E-state index is 13.6. The summed E-state index contributed by atoms with van der Waals surface area (Å²) >= 11 is 1.53. The summed E-state index contributed by atoms with van der Waals surface area (Å²) in [6.07, 6.45) is 0. The highest BCUT2D eigenvalue weighted by Gasteiger charge is 2.31. The summed E-state index contributed by atoms with van der Waals surface area (Å²) in [5.74, 6) is -2.54. The van der Waals surface area contributed by atoms with Gasteiger partial charge in [-0.1, -0.05) is 24.3 Å². The Labute approximate surface area is 199 Å². The molecule has 0 saturated carbocycles. The number of carbonyl (C=O) groups is 1. The Balaban J connectivity index is 1.40. The lowest BCUT2D eigenvalue weighted by Gasteiger charge is -2.34. The standard InChI is InChI=1S/C24H19F2N3O3S2/c25-19-8-7-16(14-20(19)26)34(31,32)29-11-9-28(10-12-29)24(30)18-15-22(23-6-3-13-33-23)27-21-5-2-1-4-17(18)21/h1-8,13-15H,9-12H2. The van der Waals surface area contributed by atoms with E-state index in [0.29, 0.717) is 22.8 Å². The van der Waals surface area contributed by atoms with Crippen LogP contribution in [0.4, 0.5) is 8.78 Å². The van der Waals surface area contributed by atoms with Crippen molar-refractivity contribution in [3.05, 3.63) is 83.2 Å². The molecule has 1 aliphatic heterocycles. The summed E-state index contributed by atoms with van der Waals surface area (Å²) in [6, 6.07) is 15.6. The summed E-state index contributed by atoms with van der Waals surface area (Å²) in [5, 5.41) is 2.67. The fourth-order valence-corrected chi connectivity index (χ4v) is 6.11. The van der Waals surface area contributed by atoms with Gasteiger partial charge in [0.05, 0.1) is 26.5 Å². The number of aromatic nitrogens is 1. The number of hydrogen-bond donors (Lipinski definition) is 0. The van der Waals surface area contributed by atoms with Gasteiger partial charge in [-0.3, -0.25) is 4.79 Å². The van der Waals surface area contributed by atoms with E-state index in [1.54, 1.807) is 11.0 Å². The van der Waals surface area contributed by atoms with E-state index in [0.717, 1.165) is 22.4 Å². The third kappa shape index (κ3) is 4.08. The second-order valence-electron chi connectivity index (χ2n) is 7.82. The SMILES string of the molecule is O=C(c1cc(-c2cccs2)nc2ccccc12)N1CCN(S(=O)(=O)c2ccc(F)c(F)c2)CC1. The molecule has 2 aromatic carbocycles. The molecule has 2 aromatic heterocycles. The fourth-order valence-electron chi connectivity index (χ4n) is 3.99. The largest absolute Gasteiger partial charge is 0.336 e. The zero-order valence-electron chi connectivity index (χ0n) is 17.8. The minimum atomic E-state index is -4.01. The molecule has 5 rings (SSSR count). The van der Waals surface area contributed by atoms with E-state index in [9.17, 15) is 22.0 Å². The Bertz CT molecular complexity index is 1480. The highest BCUT2D eigenvalue weighted by molar-refractivity contribution is 7.89. The Morgan fingerprint density at radius 3 is 2.38 bits per heavy atom. The minimum absolute atomic E-state index is 0.0495. The second-order valence-corrected chi connectivity index (χ2v) is 10.7. The van der Waals surface area contributed by atoms with Gasteiger partial charge in [-0.25, -0.2) is 22.2 Å². The first-order valence-corrected chi connectivity index (χ1v) is 12.8. The summed E-state index contributed by atoms with van der Waals surface area (Å²) in [6.45, 7) is 0.446. The van der Waals surface area contributed by atoms with Crippen LogP contribution in [-0.4, -0.2) is 54.7 Å². The molecule has 0 atom stereocenters. The molecule has 0 bridgehead atoms. The zero-order valence-corrected chi connectivity index (χ0v) is 19.5. The molecule has 6 nitrogen and oxygen atoms in total.